The Morgan fingerprint density at radius 1 is 1.38 bits per heavy atom. The van der Waals surface area contributed by atoms with E-state index in [2.05, 4.69) is 23.8 Å². The highest BCUT2D eigenvalue weighted by atomic mass is 16.3. The molecule has 0 aromatic carbocycles. The highest BCUT2D eigenvalue weighted by Gasteiger charge is 2.15. The summed E-state index contributed by atoms with van der Waals surface area (Å²) in [5, 5.41) is 10.0. The molecule has 1 rings (SSSR count). The summed E-state index contributed by atoms with van der Waals surface area (Å²) in [7, 11) is 0. The van der Waals surface area contributed by atoms with E-state index in [1.165, 1.54) is 25.6 Å². The van der Waals surface area contributed by atoms with Gasteiger partial charge in [0.05, 0.1) is 11.8 Å². The number of nitrogens with zero attached hydrogens (tertiary/aromatic N) is 2. The van der Waals surface area contributed by atoms with E-state index in [-0.39, 0.29) is 0 Å². The Kier molecular flexibility index (Phi) is 6.01. The van der Waals surface area contributed by atoms with E-state index in [1.807, 2.05) is 0 Å². The van der Waals surface area contributed by atoms with Gasteiger partial charge >= 0.3 is 0 Å². The van der Waals surface area contributed by atoms with Gasteiger partial charge in [0.1, 0.15) is 6.33 Å². The molecule has 2 unspecified atom stereocenters. The van der Waals surface area contributed by atoms with E-state index in [0.29, 0.717) is 5.92 Å². The smallest absolute Gasteiger partial charge is 0.115 e. The molecule has 0 saturated heterocycles. The first-order chi connectivity index (χ1) is 7.77. The number of aliphatic hydroxyl groups is 1. The van der Waals surface area contributed by atoms with Crippen molar-refractivity contribution in [3.63, 3.8) is 0 Å². The van der Waals surface area contributed by atoms with Crippen LogP contribution in [-0.4, -0.2) is 15.1 Å². The summed E-state index contributed by atoms with van der Waals surface area (Å²) in [5.74, 6) is 0.602. The van der Waals surface area contributed by atoms with Gasteiger partial charge in [-0.3, -0.25) is 0 Å². The minimum atomic E-state index is -0.440. The van der Waals surface area contributed by atoms with Crippen LogP contribution in [0.3, 0.4) is 0 Å². The van der Waals surface area contributed by atoms with E-state index in [9.17, 15) is 5.11 Å². The Morgan fingerprint density at radius 3 is 2.75 bits per heavy atom. The Balaban J connectivity index is 2.45. The number of rotatable bonds is 7. The second-order valence-electron chi connectivity index (χ2n) is 4.30. The first-order valence-electron chi connectivity index (χ1n) is 6.21. The van der Waals surface area contributed by atoms with Crippen LogP contribution >= 0.6 is 0 Å². The van der Waals surface area contributed by atoms with Crippen LogP contribution in [0, 0.1) is 5.92 Å². The average Bonchev–Trinajstić information content (AvgIpc) is 2.35. The summed E-state index contributed by atoms with van der Waals surface area (Å²) in [5.41, 5.74) is 0.741. The molecular weight excluding hydrogens is 200 g/mol. The highest BCUT2D eigenvalue weighted by molar-refractivity contribution is 5.01. The maximum Gasteiger partial charge on any atom is 0.115 e. The zero-order valence-electron chi connectivity index (χ0n) is 10.3. The fourth-order valence-corrected chi connectivity index (χ4v) is 1.92. The van der Waals surface area contributed by atoms with Gasteiger partial charge in [0.15, 0.2) is 0 Å². The van der Waals surface area contributed by atoms with Crippen molar-refractivity contribution in [1.29, 1.82) is 0 Å². The molecule has 2 atom stereocenters. The molecule has 16 heavy (non-hydrogen) atoms. The summed E-state index contributed by atoms with van der Waals surface area (Å²) in [6.45, 7) is 4.39. The standard InChI is InChI=1S/C13H22N2O/c1-3-5-6-11(4-2)9-13(16)12-7-8-14-10-15-12/h7-8,10-11,13,16H,3-6,9H2,1-2H3. The van der Waals surface area contributed by atoms with Crippen LogP contribution < -0.4 is 0 Å². The number of aromatic nitrogens is 2. The van der Waals surface area contributed by atoms with Gasteiger partial charge in [-0.05, 0) is 18.4 Å². The topological polar surface area (TPSA) is 46.0 Å². The van der Waals surface area contributed by atoms with E-state index in [1.54, 1.807) is 12.3 Å². The number of aliphatic hydroxyl groups excluding tert-OH is 1. The Bertz CT molecular complexity index is 277. The van der Waals surface area contributed by atoms with E-state index < -0.39 is 6.10 Å². The molecular formula is C13H22N2O. The molecule has 3 heteroatoms. The zero-order chi connectivity index (χ0) is 11.8. The highest BCUT2D eigenvalue weighted by Crippen LogP contribution is 2.25. The van der Waals surface area contributed by atoms with Gasteiger partial charge in [0.2, 0.25) is 0 Å². The quantitative estimate of drug-likeness (QED) is 0.771. The molecule has 90 valence electrons. The summed E-state index contributed by atoms with van der Waals surface area (Å²) in [6, 6.07) is 1.79. The molecule has 0 aliphatic heterocycles. The molecule has 1 N–H and O–H groups in total. The molecule has 3 nitrogen and oxygen atoms in total. The number of unbranched alkanes of at least 4 members (excludes halogenated alkanes) is 1. The third-order valence-electron chi connectivity index (χ3n) is 3.05. The molecule has 0 aliphatic rings. The minimum absolute atomic E-state index is 0.440. The third kappa shape index (κ3) is 4.27. The molecule has 0 bridgehead atoms. The largest absolute Gasteiger partial charge is 0.387 e. The molecule has 1 aromatic heterocycles. The van der Waals surface area contributed by atoms with Gasteiger partial charge in [-0.15, -0.1) is 0 Å². The number of hydrogen-bond acceptors (Lipinski definition) is 3. The molecule has 0 spiro atoms. The van der Waals surface area contributed by atoms with Crippen molar-refractivity contribution in [3.8, 4) is 0 Å². The number of hydrogen-bond donors (Lipinski definition) is 1. The molecule has 0 radical (unpaired) electrons. The third-order valence-corrected chi connectivity index (χ3v) is 3.05. The second-order valence-corrected chi connectivity index (χ2v) is 4.30. The fourth-order valence-electron chi connectivity index (χ4n) is 1.92. The minimum Gasteiger partial charge on any atom is -0.387 e. The van der Waals surface area contributed by atoms with Crippen molar-refractivity contribution in [2.24, 2.45) is 5.92 Å². The lowest BCUT2D eigenvalue weighted by Crippen LogP contribution is -2.08. The van der Waals surface area contributed by atoms with Gasteiger partial charge in [-0.1, -0.05) is 39.5 Å². The van der Waals surface area contributed by atoms with Crippen molar-refractivity contribution >= 4 is 0 Å². The van der Waals surface area contributed by atoms with Crippen LogP contribution in [0.1, 0.15) is 57.7 Å². The van der Waals surface area contributed by atoms with E-state index in [0.717, 1.165) is 18.5 Å². The lowest BCUT2D eigenvalue weighted by Gasteiger charge is -2.18. The normalized spacial score (nSPS) is 14.7. The second kappa shape index (κ2) is 7.34. The molecule has 0 amide bonds. The van der Waals surface area contributed by atoms with Gasteiger partial charge < -0.3 is 5.11 Å². The molecule has 0 fully saturated rings. The van der Waals surface area contributed by atoms with Crippen molar-refractivity contribution in [2.45, 2.75) is 52.1 Å². The maximum absolute atomic E-state index is 10.0. The van der Waals surface area contributed by atoms with Crippen molar-refractivity contribution in [1.82, 2.24) is 9.97 Å². The van der Waals surface area contributed by atoms with Gasteiger partial charge in [-0.25, -0.2) is 9.97 Å². The van der Waals surface area contributed by atoms with Crippen LogP contribution in [0.15, 0.2) is 18.6 Å². The summed E-state index contributed by atoms with van der Waals surface area (Å²) < 4.78 is 0. The van der Waals surface area contributed by atoms with Crippen LogP contribution in [0.25, 0.3) is 0 Å². The molecule has 0 aliphatic carbocycles. The average molecular weight is 222 g/mol. The lowest BCUT2D eigenvalue weighted by atomic mass is 9.92. The molecule has 0 saturated carbocycles. The predicted molar refractivity (Wildman–Crippen MR) is 64.9 cm³/mol. The monoisotopic (exact) mass is 222 g/mol. The van der Waals surface area contributed by atoms with Crippen LogP contribution in [0.5, 0.6) is 0 Å². The Hall–Kier alpha value is -0.960. The SMILES string of the molecule is CCCCC(CC)CC(O)c1ccncn1. The first-order valence-corrected chi connectivity index (χ1v) is 6.21. The first kappa shape index (κ1) is 13.1. The van der Waals surface area contributed by atoms with Crippen molar-refractivity contribution in [3.05, 3.63) is 24.3 Å². The Morgan fingerprint density at radius 2 is 2.19 bits per heavy atom. The Labute approximate surface area is 97.9 Å². The maximum atomic E-state index is 10.0. The van der Waals surface area contributed by atoms with E-state index in [4.69, 9.17) is 0 Å². The van der Waals surface area contributed by atoms with Crippen molar-refractivity contribution < 1.29 is 5.11 Å². The van der Waals surface area contributed by atoms with Crippen molar-refractivity contribution in [2.75, 3.05) is 0 Å². The summed E-state index contributed by atoms with van der Waals surface area (Å²) >= 11 is 0. The predicted octanol–water partition coefficient (Wildman–Crippen LogP) is 3.12. The zero-order valence-corrected chi connectivity index (χ0v) is 10.3. The molecule has 1 heterocycles. The summed E-state index contributed by atoms with van der Waals surface area (Å²) in [4.78, 5) is 7.94. The van der Waals surface area contributed by atoms with Crippen LogP contribution in [0.2, 0.25) is 0 Å². The van der Waals surface area contributed by atoms with Gasteiger partial charge in [-0.2, -0.15) is 0 Å². The molecule has 1 aromatic rings. The van der Waals surface area contributed by atoms with Gasteiger partial charge in [0, 0.05) is 6.20 Å². The lowest BCUT2D eigenvalue weighted by molar-refractivity contribution is 0.134. The van der Waals surface area contributed by atoms with Crippen LogP contribution in [0.4, 0.5) is 0 Å². The van der Waals surface area contributed by atoms with E-state index >= 15 is 0 Å². The fraction of sp³-hybridized carbons (Fsp3) is 0.692. The van der Waals surface area contributed by atoms with Gasteiger partial charge in [0.25, 0.3) is 0 Å². The van der Waals surface area contributed by atoms with Crippen LogP contribution in [-0.2, 0) is 0 Å². The summed E-state index contributed by atoms with van der Waals surface area (Å²) in [6.07, 6.45) is 8.34.